The van der Waals surface area contributed by atoms with Gasteiger partial charge in [-0.2, -0.15) is 0 Å². The second-order valence-corrected chi connectivity index (χ2v) is 12.5. The van der Waals surface area contributed by atoms with Gasteiger partial charge < -0.3 is 9.84 Å². The van der Waals surface area contributed by atoms with Crippen molar-refractivity contribution >= 4 is 46.8 Å². The Morgan fingerprint density at radius 2 is 1.71 bits per heavy atom. The smallest absolute Gasteiger partial charge is 0.253 e. The van der Waals surface area contributed by atoms with Gasteiger partial charge in [-0.25, -0.2) is 0 Å². The first-order valence-corrected chi connectivity index (χ1v) is 14.0. The van der Waals surface area contributed by atoms with Crippen molar-refractivity contribution < 1.29 is 29.0 Å². The van der Waals surface area contributed by atoms with Crippen molar-refractivity contribution in [3.63, 3.8) is 0 Å². The highest BCUT2D eigenvalue weighted by Crippen LogP contribution is 2.66. The Morgan fingerprint density at radius 3 is 2.37 bits per heavy atom. The third-order valence-electron chi connectivity index (χ3n) is 9.54. The van der Waals surface area contributed by atoms with E-state index in [2.05, 4.69) is 0 Å². The molecule has 0 spiro atoms. The Morgan fingerprint density at radius 1 is 1.00 bits per heavy atom. The fourth-order valence-electron chi connectivity index (χ4n) is 7.71. The summed E-state index contributed by atoms with van der Waals surface area (Å²) in [6, 6.07) is 4.56. The van der Waals surface area contributed by atoms with Crippen LogP contribution in [0.5, 0.6) is 11.5 Å². The highest BCUT2D eigenvalue weighted by Gasteiger charge is 2.76. The standard InChI is InChI=1S/C28H30Cl2N2O6/c1-31-25(36)27(29)13-19-16(22(28(27,30)26(31)37)17-9-8-15(38-2)12-20(17)33)10-11-18-21(19)24(35)32(23(18)34)14-6-4-3-5-7-14/h8-10,12,14,18-19,21-22,33H,3-7,11,13H2,1-2H3/t18-,19+,21-,22+,27+,28-/m0/s1. The molecule has 0 unspecified atom stereocenters. The molecule has 8 nitrogen and oxygen atoms in total. The molecule has 1 aromatic rings. The molecule has 6 rings (SSSR count). The molecule has 202 valence electrons. The van der Waals surface area contributed by atoms with Crippen LogP contribution in [0.25, 0.3) is 0 Å². The van der Waals surface area contributed by atoms with Crippen LogP contribution in [-0.4, -0.2) is 68.5 Å². The van der Waals surface area contributed by atoms with Crippen LogP contribution in [0.15, 0.2) is 29.8 Å². The molecular formula is C28H30Cl2N2O6. The summed E-state index contributed by atoms with van der Waals surface area (Å²) in [6.45, 7) is 0. The first-order chi connectivity index (χ1) is 18.1. The van der Waals surface area contributed by atoms with E-state index in [1.54, 1.807) is 12.1 Å². The van der Waals surface area contributed by atoms with E-state index in [0.29, 0.717) is 23.3 Å². The van der Waals surface area contributed by atoms with Gasteiger partial charge in [0.05, 0.1) is 18.9 Å². The number of carbonyl (C=O) groups is 4. The van der Waals surface area contributed by atoms with Gasteiger partial charge in [-0.05, 0) is 37.7 Å². The van der Waals surface area contributed by atoms with E-state index in [1.807, 2.05) is 6.08 Å². The van der Waals surface area contributed by atoms with Crippen LogP contribution < -0.4 is 4.74 Å². The highest BCUT2D eigenvalue weighted by atomic mass is 35.5. The lowest BCUT2D eigenvalue weighted by atomic mass is 9.56. The number of nitrogens with zero attached hydrogens (tertiary/aromatic N) is 2. The van der Waals surface area contributed by atoms with Gasteiger partial charge >= 0.3 is 0 Å². The summed E-state index contributed by atoms with van der Waals surface area (Å²) >= 11 is 14.3. The number of imide groups is 2. The number of ether oxygens (including phenoxy) is 1. The summed E-state index contributed by atoms with van der Waals surface area (Å²) in [5.74, 6) is -4.26. The predicted molar refractivity (Wildman–Crippen MR) is 139 cm³/mol. The summed E-state index contributed by atoms with van der Waals surface area (Å²) in [5.41, 5.74) is 0.985. The highest BCUT2D eigenvalue weighted by molar-refractivity contribution is 6.53. The van der Waals surface area contributed by atoms with Crippen molar-refractivity contribution in [2.45, 2.75) is 66.7 Å². The van der Waals surface area contributed by atoms with Crippen molar-refractivity contribution in [3.8, 4) is 11.5 Å². The maximum Gasteiger partial charge on any atom is 0.253 e. The van der Waals surface area contributed by atoms with Crippen molar-refractivity contribution in [1.82, 2.24) is 9.80 Å². The first kappa shape index (κ1) is 25.7. The molecule has 4 amide bonds. The lowest BCUT2D eigenvalue weighted by molar-refractivity contribution is -0.144. The minimum atomic E-state index is -1.92. The van der Waals surface area contributed by atoms with Gasteiger partial charge in [0.2, 0.25) is 11.8 Å². The first-order valence-electron chi connectivity index (χ1n) is 13.2. The van der Waals surface area contributed by atoms with Gasteiger partial charge in [0.1, 0.15) is 11.5 Å². The van der Waals surface area contributed by atoms with Crippen LogP contribution in [-0.2, 0) is 19.2 Å². The fraction of sp³-hybridized carbons (Fsp3) is 0.571. The maximum absolute atomic E-state index is 14.0. The van der Waals surface area contributed by atoms with E-state index in [0.717, 1.165) is 37.0 Å². The van der Waals surface area contributed by atoms with Crippen LogP contribution in [0.1, 0.15) is 56.4 Å². The zero-order chi connectivity index (χ0) is 27.1. The number of methoxy groups -OCH3 is 1. The Labute approximate surface area is 230 Å². The third-order valence-corrected chi connectivity index (χ3v) is 11.0. The van der Waals surface area contributed by atoms with Gasteiger partial charge in [-0.15, -0.1) is 23.2 Å². The van der Waals surface area contributed by atoms with E-state index in [-0.39, 0.29) is 30.0 Å². The van der Waals surface area contributed by atoms with Gasteiger partial charge in [-0.1, -0.05) is 37.0 Å². The molecule has 38 heavy (non-hydrogen) atoms. The molecule has 1 N–H and O–H groups in total. The molecule has 4 fully saturated rings. The minimum absolute atomic E-state index is 0.0507. The van der Waals surface area contributed by atoms with E-state index in [4.69, 9.17) is 27.9 Å². The van der Waals surface area contributed by atoms with Crippen LogP contribution in [0.3, 0.4) is 0 Å². The molecule has 0 aromatic heterocycles. The molecule has 6 atom stereocenters. The molecule has 1 aromatic carbocycles. The number of fused-ring (bicyclic) bond motifs is 4. The van der Waals surface area contributed by atoms with Crippen LogP contribution >= 0.6 is 23.2 Å². The van der Waals surface area contributed by atoms with Gasteiger partial charge in [0.25, 0.3) is 11.8 Å². The van der Waals surface area contributed by atoms with E-state index in [1.165, 1.54) is 25.1 Å². The lowest BCUT2D eigenvalue weighted by Gasteiger charge is -2.50. The predicted octanol–water partition coefficient (Wildman–Crippen LogP) is 3.72. The minimum Gasteiger partial charge on any atom is -0.508 e. The van der Waals surface area contributed by atoms with E-state index in [9.17, 15) is 24.3 Å². The number of hydrogen-bond donors (Lipinski definition) is 1. The van der Waals surface area contributed by atoms with Crippen molar-refractivity contribution in [2.24, 2.45) is 17.8 Å². The number of carbonyl (C=O) groups excluding carboxylic acids is 4. The molecule has 5 aliphatic rings. The zero-order valence-electron chi connectivity index (χ0n) is 21.3. The average molecular weight is 561 g/mol. The average Bonchev–Trinajstić information content (AvgIpc) is 3.24. The number of phenolic OH excluding ortho intramolecular Hbond substituents is 1. The second-order valence-electron chi connectivity index (χ2n) is 11.3. The number of rotatable bonds is 3. The van der Waals surface area contributed by atoms with Gasteiger partial charge in [0.15, 0.2) is 9.75 Å². The number of hydrogen-bond acceptors (Lipinski definition) is 6. The number of halogens is 2. The molecule has 3 aliphatic carbocycles. The molecule has 0 bridgehead atoms. The monoisotopic (exact) mass is 560 g/mol. The SMILES string of the molecule is COc1ccc([C@H]2C3=CC[C@@H]4C(=O)N(C5CCCCC5)C(=O)[C@@H]4[C@@H]3C[C@@]3(Cl)C(=O)N(C)C(=O)[C@@]23Cl)c(O)c1. The lowest BCUT2D eigenvalue weighted by Crippen LogP contribution is -2.60. The Balaban J connectivity index is 1.50. The molecule has 2 heterocycles. The summed E-state index contributed by atoms with van der Waals surface area (Å²) in [7, 11) is 2.81. The molecule has 2 aliphatic heterocycles. The van der Waals surface area contributed by atoms with Crippen LogP contribution in [0.4, 0.5) is 0 Å². The normalized spacial score (nSPS) is 37.2. The number of likely N-dealkylation sites (tertiary alicyclic amines) is 2. The topological polar surface area (TPSA) is 104 Å². The number of amides is 4. The molecular weight excluding hydrogens is 531 g/mol. The number of alkyl halides is 2. The molecule has 10 heteroatoms. The number of allylic oxidation sites excluding steroid dienone is 2. The molecule has 2 saturated heterocycles. The zero-order valence-corrected chi connectivity index (χ0v) is 22.8. The van der Waals surface area contributed by atoms with Crippen LogP contribution in [0, 0.1) is 17.8 Å². The Hall–Kier alpha value is -2.58. The number of aromatic hydroxyl groups is 1. The Kier molecular flexibility index (Phi) is 5.89. The Bertz CT molecular complexity index is 1290. The van der Waals surface area contributed by atoms with E-state index >= 15 is 0 Å². The van der Waals surface area contributed by atoms with Crippen molar-refractivity contribution in [1.29, 1.82) is 0 Å². The summed E-state index contributed by atoms with van der Waals surface area (Å²) < 4.78 is 5.23. The van der Waals surface area contributed by atoms with Crippen molar-refractivity contribution in [2.75, 3.05) is 14.2 Å². The van der Waals surface area contributed by atoms with E-state index < -0.39 is 45.2 Å². The third kappa shape index (κ3) is 3.16. The number of benzene rings is 1. The van der Waals surface area contributed by atoms with Crippen LogP contribution in [0.2, 0.25) is 0 Å². The summed E-state index contributed by atoms with van der Waals surface area (Å²) in [4.78, 5) is 53.3. The fourth-order valence-corrected chi connectivity index (χ4v) is 8.72. The number of phenols is 1. The summed E-state index contributed by atoms with van der Waals surface area (Å²) in [6.07, 6.45) is 6.79. The van der Waals surface area contributed by atoms with Gasteiger partial charge in [-0.3, -0.25) is 29.0 Å². The van der Waals surface area contributed by atoms with Crippen molar-refractivity contribution in [3.05, 3.63) is 35.4 Å². The van der Waals surface area contributed by atoms with Gasteiger partial charge in [0, 0.05) is 30.6 Å². The second kappa shape index (κ2) is 8.71. The summed E-state index contributed by atoms with van der Waals surface area (Å²) in [5, 5.41) is 11.0. The largest absolute Gasteiger partial charge is 0.508 e. The molecule has 0 radical (unpaired) electrons. The quantitative estimate of drug-likeness (QED) is 0.343. The molecule has 2 saturated carbocycles. The maximum atomic E-state index is 14.0.